The summed E-state index contributed by atoms with van der Waals surface area (Å²) in [6, 6.07) is 7.27. The van der Waals surface area contributed by atoms with Gasteiger partial charge >= 0.3 is 0 Å². The first-order valence-electron chi connectivity index (χ1n) is 6.75. The molecule has 1 aromatic rings. The van der Waals surface area contributed by atoms with Crippen LogP contribution in [0.4, 0.5) is 0 Å². The highest BCUT2D eigenvalue weighted by molar-refractivity contribution is 7.89. The smallest absolute Gasteiger partial charge is 0.207 e. The number of aryl methyl sites for hydroxylation is 1. The van der Waals surface area contributed by atoms with Gasteiger partial charge in [-0.1, -0.05) is 30.2 Å². The molecule has 2 unspecified atom stereocenters. The molecule has 1 aromatic carbocycles. The van der Waals surface area contributed by atoms with Crippen LogP contribution in [0.3, 0.4) is 0 Å². The second-order valence-corrected chi connectivity index (χ2v) is 7.01. The van der Waals surface area contributed by atoms with Crippen LogP contribution in [0.15, 0.2) is 41.8 Å². The summed E-state index contributed by atoms with van der Waals surface area (Å²) in [5.41, 5.74) is 1.07. The lowest BCUT2D eigenvalue weighted by Crippen LogP contribution is -2.14. The Morgan fingerprint density at radius 3 is 2.63 bits per heavy atom. The number of allylic oxidation sites excluding steroid dienone is 1. The van der Waals surface area contributed by atoms with E-state index in [4.69, 9.17) is 0 Å². The molecule has 1 saturated heterocycles. The molecule has 0 radical (unpaired) electrons. The van der Waals surface area contributed by atoms with Gasteiger partial charge in [0, 0.05) is 12.6 Å². The maximum absolute atomic E-state index is 12.3. The van der Waals surface area contributed by atoms with Crippen molar-refractivity contribution in [2.24, 2.45) is 0 Å². The predicted octanol–water partition coefficient (Wildman–Crippen LogP) is 3.11. The van der Waals surface area contributed by atoms with Gasteiger partial charge in [0.05, 0.1) is 4.90 Å². The standard InChI is InChI=1S/C15H21NO2S/c1-3-4-5-6-7-14-12-16(14)19(17,18)15-10-8-13(2)9-11-15/h3,8-11,14H,1,4-7,12H2,2H3. The minimum atomic E-state index is -3.26. The molecule has 19 heavy (non-hydrogen) atoms. The molecule has 104 valence electrons. The first-order chi connectivity index (χ1) is 9.05. The average molecular weight is 279 g/mol. The number of unbranched alkanes of at least 4 members (excludes halogenated alkanes) is 2. The molecule has 3 nitrogen and oxygen atoms in total. The van der Waals surface area contributed by atoms with E-state index in [1.807, 2.05) is 25.1 Å². The summed E-state index contributed by atoms with van der Waals surface area (Å²) in [5.74, 6) is 0. The number of nitrogens with zero attached hydrogens (tertiary/aromatic N) is 1. The molecule has 0 amide bonds. The van der Waals surface area contributed by atoms with E-state index in [2.05, 4.69) is 6.58 Å². The minimum absolute atomic E-state index is 0.205. The van der Waals surface area contributed by atoms with Crippen LogP contribution in [0.25, 0.3) is 0 Å². The molecule has 2 atom stereocenters. The molecule has 0 bridgehead atoms. The average Bonchev–Trinajstić information content (AvgIpc) is 3.15. The van der Waals surface area contributed by atoms with Crippen LogP contribution in [0.2, 0.25) is 0 Å². The van der Waals surface area contributed by atoms with E-state index in [1.165, 1.54) is 0 Å². The number of sulfonamides is 1. The summed E-state index contributed by atoms with van der Waals surface area (Å²) < 4.78 is 26.2. The van der Waals surface area contributed by atoms with E-state index in [0.717, 1.165) is 31.2 Å². The first-order valence-corrected chi connectivity index (χ1v) is 8.19. The molecule has 1 fully saturated rings. The highest BCUT2D eigenvalue weighted by Gasteiger charge is 2.43. The van der Waals surface area contributed by atoms with E-state index >= 15 is 0 Å². The van der Waals surface area contributed by atoms with Gasteiger partial charge in [-0.15, -0.1) is 6.58 Å². The fourth-order valence-electron chi connectivity index (χ4n) is 2.20. The van der Waals surface area contributed by atoms with Gasteiger partial charge in [-0.25, -0.2) is 8.42 Å². The highest BCUT2D eigenvalue weighted by Crippen LogP contribution is 2.31. The number of benzene rings is 1. The summed E-state index contributed by atoms with van der Waals surface area (Å²) in [7, 11) is -3.26. The molecular formula is C15H21NO2S. The molecule has 1 heterocycles. The molecule has 1 aliphatic heterocycles. The second-order valence-electron chi connectivity index (χ2n) is 5.11. The van der Waals surface area contributed by atoms with Gasteiger partial charge in [-0.05, 0) is 38.3 Å². The Balaban J connectivity index is 1.92. The van der Waals surface area contributed by atoms with Gasteiger partial charge in [0.2, 0.25) is 10.0 Å². The van der Waals surface area contributed by atoms with E-state index in [1.54, 1.807) is 16.4 Å². The third-order valence-electron chi connectivity index (χ3n) is 3.49. The highest BCUT2D eigenvalue weighted by atomic mass is 32.2. The minimum Gasteiger partial charge on any atom is -0.207 e. The van der Waals surface area contributed by atoms with Crippen molar-refractivity contribution >= 4 is 10.0 Å². The monoisotopic (exact) mass is 279 g/mol. The van der Waals surface area contributed by atoms with Crippen molar-refractivity contribution in [3.05, 3.63) is 42.5 Å². The summed E-state index contributed by atoms with van der Waals surface area (Å²) >= 11 is 0. The fourth-order valence-corrected chi connectivity index (χ4v) is 3.82. The Bertz CT molecular complexity index is 534. The lowest BCUT2D eigenvalue weighted by Gasteiger charge is -2.06. The van der Waals surface area contributed by atoms with Gasteiger partial charge in [-0.3, -0.25) is 0 Å². The Kier molecular flexibility index (Phi) is 4.42. The van der Waals surface area contributed by atoms with E-state index in [9.17, 15) is 8.42 Å². The van der Waals surface area contributed by atoms with Crippen molar-refractivity contribution in [1.29, 1.82) is 0 Å². The number of rotatable bonds is 7. The Hall–Kier alpha value is -1.13. The van der Waals surface area contributed by atoms with Crippen molar-refractivity contribution in [3.8, 4) is 0 Å². The van der Waals surface area contributed by atoms with Gasteiger partial charge in [0.15, 0.2) is 0 Å². The third kappa shape index (κ3) is 3.45. The van der Waals surface area contributed by atoms with Crippen molar-refractivity contribution in [2.75, 3.05) is 6.54 Å². The zero-order valence-electron chi connectivity index (χ0n) is 11.4. The van der Waals surface area contributed by atoms with Crippen LogP contribution in [-0.2, 0) is 10.0 Å². The normalized spacial score (nSPS) is 22.2. The lowest BCUT2D eigenvalue weighted by molar-refractivity contribution is 0.541. The van der Waals surface area contributed by atoms with Gasteiger partial charge in [0.25, 0.3) is 0 Å². The van der Waals surface area contributed by atoms with Crippen molar-refractivity contribution < 1.29 is 8.42 Å². The maximum Gasteiger partial charge on any atom is 0.243 e. The van der Waals surface area contributed by atoms with Crippen molar-refractivity contribution in [3.63, 3.8) is 0 Å². The summed E-state index contributed by atoms with van der Waals surface area (Å²) in [5, 5.41) is 0. The van der Waals surface area contributed by atoms with Gasteiger partial charge < -0.3 is 0 Å². The molecule has 0 saturated carbocycles. The molecule has 0 N–H and O–H groups in total. The molecule has 0 aliphatic carbocycles. The second kappa shape index (κ2) is 5.88. The van der Waals surface area contributed by atoms with Crippen LogP contribution in [-0.4, -0.2) is 25.3 Å². The van der Waals surface area contributed by atoms with Crippen LogP contribution in [0, 0.1) is 6.92 Å². The van der Waals surface area contributed by atoms with Gasteiger partial charge in [-0.2, -0.15) is 4.31 Å². The molecule has 0 aromatic heterocycles. The maximum atomic E-state index is 12.3. The van der Waals surface area contributed by atoms with Crippen LogP contribution in [0.1, 0.15) is 31.2 Å². The molecular weight excluding hydrogens is 258 g/mol. The fraction of sp³-hybridized carbons (Fsp3) is 0.467. The quantitative estimate of drug-likeness (QED) is 0.437. The van der Waals surface area contributed by atoms with E-state index in [-0.39, 0.29) is 6.04 Å². The van der Waals surface area contributed by atoms with E-state index < -0.39 is 10.0 Å². The SMILES string of the molecule is C=CCCCCC1CN1S(=O)(=O)c1ccc(C)cc1. The van der Waals surface area contributed by atoms with Crippen molar-refractivity contribution in [2.45, 2.75) is 43.5 Å². The zero-order chi connectivity index (χ0) is 13.9. The molecule has 4 heteroatoms. The summed E-state index contributed by atoms with van der Waals surface area (Å²) in [4.78, 5) is 0.409. The molecule has 1 aliphatic rings. The molecule has 2 rings (SSSR count). The van der Waals surface area contributed by atoms with E-state index in [0.29, 0.717) is 11.4 Å². The Morgan fingerprint density at radius 2 is 2.00 bits per heavy atom. The van der Waals surface area contributed by atoms with Crippen LogP contribution >= 0.6 is 0 Å². The van der Waals surface area contributed by atoms with Crippen LogP contribution < -0.4 is 0 Å². The Labute approximate surface area is 116 Å². The summed E-state index contributed by atoms with van der Waals surface area (Å²) in [6.45, 7) is 6.31. The largest absolute Gasteiger partial charge is 0.243 e. The lowest BCUT2D eigenvalue weighted by atomic mass is 10.1. The van der Waals surface area contributed by atoms with Gasteiger partial charge in [0.1, 0.15) is 0 Å². The van der Waals surface area contributed by atoms with Crippen molar-refractivity contribution in [1.82, 2.24) is 4.31 Å². The molecule has 0 spiro atoms. The first kappa shape index (κ1) is 14.3. The third-order valence-corrected chi connectivity index (χ3v) is 5.42. The topological polar surface area (TPSA) is 37.1 Å². The Morgan fingerprint density at radius 1 is 1.32 bits per heavy atom. The van der Waals surface area contributed by atoms with Crippen LogP contribution in [0.5, 0.6) is 0 Å². The zero-order valence-corrected chi connectivity index (χ0v) is 12.2. The number of hydrogen-bond acceptors (Lipinski definition) is 2. The number of hydrogen-bond donors (Lipinski definition) is 0. The summed E-state index contributed by atoms with van der Waals surface area (Å²) in [6.07, 6.45) is 6.04. The predicted molar refractivity (Wildman–Crippen MR) is 77.5 cm³/mol.